The molecule has 1 heterocycles. The molecule has 2 nitrogen and oxygen atoms in total. The molecule has 180 valence electrons. The highest BCUT2D eigenvalue weighted by Crippen LogP contribution is 2.39. The molecule has 0 bridgehead atoms. The molecule has 0 aromatic rings. The number of hydrogen-bond donors (Lipinski definition) is 0. The fraction of sp³-hybridized carbons (Fsp3) is 0.821. The number of rotatable bonds is 5. The van der Waals surface area contributed by atoms with Crippen LogP contribution in [0.15, 0.2) is 22.3 Å². The van der Waals surface area contributed by atoms with Gasteiger partial charge in [0.2, 0.25) is 0 Å². The zero-order valence-electron chi connectivity index (χ0n) is 22.5. The van der Waals surface area contributed by atoms with Crippen LogP contribution in [0, 0.1) is 29.6 Å². The van der Waals surface area contributed by atoms with Gasteiger partial charge in [-0.2, -0.15) is 0 Å². The van der Waals surface area contributed by atoms with Crippen LogP contribution in [0.3, 0.4) is 0 Å². The zero-order chi connectivity index (χ0) is 23.6. The Bertz CT molecular complexity index is 542. The van der Waals surface area contributed by atoms with Gasteiger partial charge in [-0.1, -0.05) is 97.4 Å². The molecule has 1 aliphatic heterocycles. The van der Waals surface area contributed by atoms with Crippen molar-refractivity contribution in [3.05, 3.63) is 22.3 Å². The third-order valence-electron chi connectivity index (χ3n) is 4.81. The third-order valence-corrected chi connectivity index (χ3v) is 4.81. The maximum Gasteiger partial charge on any atom is 0.250 e. The minimum Gasteiger partial charge on any atom is -0.332 e. The Morgan fingerprint density at radius 3 is 1.17 bits per heavy atom. The van der Waals surface area contributed by atoms with Gasteiger partial charge in [-0.3, -0.25) is 4.79 Å². The Balaban J connectivity index is -0.000000928. The highest BCUT2D eigenvalue weighted by Gasteiger charge is 2.34. The number of allylic oxidation sites excluding steroid dienone is 2. The van der Waals surface area contributed by atoms with E-state index < -0.39 is 0 Å². The molecule has 0 aliphatic carbocycles. The van der Waals surface area contributed by atoms with Crippen LogP contribution in [0.25, 0.3) is 0 Å². The Morgan fingerprint density at radius 1 is 0.600 bits per heavy atom. The molecule has 0 spiro atoms. The van der Waals surface area contributed by atoms with Crippen molar-refractivity contribution < 1.29 is 4.79 Å². The second-order valence-corrected chi connectivity index (χ2v) is 10.1. The lowest BCUT2D eigenvalue weighted by Gasteiger charge is -2.29. The summed E-state index contributed by atoms with van der Waals surface area (Å²) in [5.74, 6) is 2.60. The zero-order valence-corrected chi connectivity index (χ0v) is 22.5. The van der Waals surface area contributed by atoms with Crippen molar-refractivity contribution in [2.24, 2.45) is 29.6 Å². The van der Waals surface area contributed by atoms with Crippen LogP contribution < -0.4 is 0 Å². The molecule has 1 aliphatic rings. The summed E-state index contributed by atoms with van der Waals surface area (Å²) in [5, 5.41) is 0. The Hall–Kier alpha value is -1.05. The van der Waals surface area contributed by atoms with Crippen molar-refractivity contribution >= 4 is 5.91 Å². The van der Waals surface area contributed by atoms with Crippen LogP contribution in [0.5, 0.6) is 0 Å². The number of carbonyl (C=O) groups is 1. The van der Waals surface area contributed by atoms with E-state index in [0.717, 1.165) is 18.0 Å². The first-order chi connectivity index (χ1) is 13.2. The van der Waals surface area contributed by atoms with Gasteiger partial charge in [0.15, 0.2) is 0 Å². The van der Waals surface area contributed by atoms with Crippen molar-refractivity contribution in [3.8, 4) is 0 Å². The molecular formula is C28H57NO. The highest BCUT2D eigenvalue weighted by molar-refractivity contribution is 5.96. The molecule has 0 aromatic carbocycles. The fourth-order valence-corrected chi connectivity index (χ4v) is 3.70. The van der Waals surface area contributed by atoms with E-state index in [2.05, 4.69) is 94.9 Å². The number of amides is 1. The second-order valence-electron chi connectivity index (χ2n) is 10.1. The summed E-state index contributed by atoms with van der Waals surface area (Å²) in [6, 6.07) is 0.227. The van der Waals surface area contributed by atoms with Crippen LogP contribution in [0.1, 0.15) is 111 Å². The fourth-order valence-electron chi connectivity index (χ4n) is 3.70. The average Bonchev–Trinajstić information content (AvgIpc) is 2.70. The SMILES string of the molecule is C.CC.CC(C)C.CC(C)C1=C(C(C)C)C(C(C)C)=C(C(C)C)C(=O)N(C(C)C)C1. The number of hydrogen-bond acceptors (Lipinski definition) is 1. The molecule has 0 saturated carbocycles. The van der Waals surface area contributed by atoms with E-state index in [4.69, 9.17) is 0 Å². The summed E-state index contributed by atoms with van der Waals surface area (Å²) in [5.41, 5.74) is 5.23. The van der Waals surface area contributed by atoms with Crippen molar-refractivity contribution in [2.75, 3.05) is 6.54 Å². The van der Waals surface area contributed by atoms with E-state index in [1.54, 1.807) is 0 Å². The van der Waals surface area contributed by atoms with Gasteiger partial charge >= 0.3 is 0 Å². The minimum absolute atomic E-state index is 0. The standard InChI is InChI=1S/C21H37NO.C4H10.C2H6.CH4/c1-12(2)17-11-22(16(9)10)21(23)20(15(7)8)19(14(5)6)18(17)13(3)4;1-4(2)3;1-2;/h12-16H,11H2,1-10H3;4H,1-3H3;1-2H3;1H4. The molecule has 2 heteroatoms. The summed E-state index contributed by atoms with van der Waals surface area (Å²) in [6.45, 7) is 33.4. The highest BCUT2D eigenvalue weighted by atomic mass is 16.2. The number of nitrogens with zero attached hydrogens (tertiary/aromatic N) is 1. The van der Waals surface area contributed by atoms with Gasteiger partial charge in [0, 0.05) is 18.2 Å². The first kappa shape index (κ1) is 33.6. The molecule has 0 N–H and O–H groups in total. The van der Waals surface area contributed by atoms with Crippen LogP contribution in [-0.4, -0.2) is 23.4 Å². The normalized spacial score (nSPS) is 15.0. The summed E-state index contributed by atoms with van der Waals surface area (Å²) >= 11 is 0. The summed E-state index contributed by atoms with van der Waals surface area (Å²) in [6.07, 6.45) is 0. The quantitative estimate of drug-likeness (QED) is 0.432. The molecular weight excluding hydrogens is 366 g/mol. The van der Waals surface area contributed by atoms with Crippen LogP contribution in [0.2, 0.25) is 0 Å². The van der Waals surface area contributed by atoms with E-state index in [1.807, 2.05) is 13.8 Å². The maximum absolute atomic E-state index is 13.3. The van der Waals surface area contributed by atoms with Crippen LogP contribution in [-0.2, 0) is 4.79 Å². The van der Waals surface area contributed by atoms with Gasteiger partial charge in [0.25, 0.3) is 5.91 Å². The van der Waals surface area contributed by atoms with E-state index in [-0.39, 0.29) is 25.3 Å². The molecule has 0 radical (unpaired) electrons. The predicted molar refractivity (Wildman–Crippen MR) is 139 cm³/mol. The minimum atomic E-state index is 0. The van der Waals surface area contributed by atoms with Gasteiger partial charge < -0.3 is 4.90 Å². The topological polar surface area (TPSA) is 20.3 Å². The Kier molecular flexibility index (Phi) is 17.6. The monoisotopic (exact) mass is 423 g/mol. The van der Waals surface area contributed by atoms with E-state index in [9.17, 15) is 4.79 Å². The maximum atomic E-state index is 13.3. The van der Waals surface area contributed by atoms with Gasteiger partial charge in [-0.15, -0.1) is 0 Å². The van der Waals surface area contributed by atoms with Crippen molar-refractivity contribution in [3.63, 3.8) is 0 Å². The second kappa shape index (κ2) is 15.7. The van der Waals surface area contributed by atoms with Gasteiger partial charge in [0.1, 0.15) is 0 Å². The van der Waals surface area contributed by atoms with Crippen molar-refractivity contribution in [2.45, 2.75) is 117 Å². The molecule has 0 atom stereocenters. The Morgan fingerprint density at radius 2 is 0.933 bits per heavy atom. The molecule has 0 fully saturated rings. The number of carbonyl (C=O) groups excluding carboxylic acids is 1. The molecule has 0 aromatic heterocycles. The third kappa shape index (κ3) is 9.84. The van der Waals surface area contributed by atoms with E-state index in [1.165, 1.54) is 16.7 Å². The van der Waals surface area contributed by atoms with Crippen molar-refractivity contribution in [1.29, 1.82) is 0 Å². The molecule has 30 heavy (non-hydrogen) atoms. The average molecular weight is 424 g/mol. The van der Waals surface area contributed by atoms with Gasteiger partial charge in [0.05, 0.1) is 0 Å². The van der Waals surface area contributed by atoms with Crippen LogP contribution >= 0.6 is 0 Å². The van der Waals surface area contributed by atoms with E-state index >= 15 is 0 Å². The Labute approximate surface area is 191 Å². The lowest BCUT2D eigenvalue weighted by molar-refractivity contribution is -0.128. The van der Waals surface area contributed by atoms with Gasteiger partial charge in [-0.25, -0.2) is 0 Å². The first-order valence-corrected chi connectivity index (χ1v) is 12.0. The lowest BCUT2D eigenvalue weighted by atomic mass is 9.78. The van der Waals surface area contributed by atoms with Crippen LogP contribution in [0.4, 0.5) is 0 Å². The smallest absolute Gasteiger partial charge is 0.250 e. The lowest BCUT2D eigenvalue weighted by Crippen LogP contribution is -2.40. The predicted octanol–water partition coefficient (Wildman–Crippen LogP) is 8.78. The molecule has 1 rings (SSSR count). The molecule has 0 unspecified atom stereocenters. The molecule has 0 saturated heterocycles. The summed E-state index contributed by atoms with van der Waals surface area (Å²) in [7, 11) is 0. The van der Waals surface area contributed by atoms with Gasteiger partial charge in [-0.05, 0) is 60.2 Å². The largest absolute Gasteiger partial charge is 0.332 e. The summed E-state index contributed by atoms with van der Waals surface area (Å²) in [4.78, 5) is 15.4. The van der Waals surface area contributed by atoms with Crippen molar-refractivity contribution in [1.82, 2.24) is 4.90 Å². The summed E-state index contributed by atoms with van der Waals surface area (Å²) < 4.78 is 0. The first-order valence-electron chi connectivity index (χ1n) is 12.0. The molecule has 1 amide bonds. The van der Waals surface area contributed by atoms with E-state index in [0.29, 0.717) is 17.8 Å².